The summed E-state index contributed by atoms with van der Waals surface area (Å²) in [6, 6.07) is 7.38. The predicted molar refractivity (Wildman–Crippen MR) is 77.8 cm³/mol. The summed E-state index contributed by atoms with van der Waals surface area (Å²) in [6.45, 7) is 3.87. The summed E-state index contributed by atoms with van der Waals surface area (Å²) in [7, 11) is 0. The summed E-state index contributed by atoms with van der Waals surface area (Å²) < 4.78 is 0. The summed E-state index contributed by atoms with van der Waals surface area (Å²) in [4.78, 5) is 27.8. The number of fused-ring (bicyclic) bond motifs is 1. The van der Waals surface area contributed by atoms with Crippen molar-refractivity contribution < 1.29 is 9.59 Å². The number of benzene rings is 1. The summed E-state index contributed by atoms with van der Waals surface area (Å²) in [5.41, 5.74) is 1.50. The number of carbonyl (C=O) groups excluding carboxylic acids is 2. The molecule has 0 saturated carbocycles. The SMILES string of the molecule is CC1CCN(C(=O)N2CC(=O)Nc3ccccc32)CC1. The number of hydrogen-bond acceptors (Lipinski definition) is 2. The predicted octanol–water partition coefficient (Wildman–Crippen LogP) is 2.30. The van der Waals surface area contributed by atoms with E-state index in [4.69, 9.17) is 0 Å². The van der Waals surface area contributed by atoms with E-state index in [1.807, 2.05) is 29.2 Å². The Kier molecular flexibility index (Phi) is 3.34. The molecule has 1 aromatic carbocycles. The van der Waals surface area contributed by atoms with Crippen LogP contribution < -0.4 is 10.2 Å². The molecule has 0 aliphatic carbocycles. The molecule has 0 bridgehead atoms. The van der Waals surface area contributed by atoms with Gasteiger partial charge in [0.2, 0.25) is 5.91 Å². The lowest BCUT2D eigenvalue weighted by Gasteiger charge is -2.36. The van der Waals surface area contributed by atoms with E-state index in [-0.39, 0.29) is 18.5 Å². The highest BCUT2D eigenvalue weighted by Gasteiger charge is 2.31. The second kappa shape index (κ2) is 5.15. The number of anilines is 2. The van der Waals surface area contributed by atoms with Crippen molar-refractivity contribution in [2.75, 3.05) is 29.9 Å². The van der Waals surface area contributed by atoms with Crippen molar-refractivity contribution in [3.8, 4) is 0 Å². The quantitative estimate of drug-likeness (QED) is 0.788. The van der Waals surface area contributed by atoms with Crippen LogP contribution in [0.4, 0.5) is 16.2 Å². The Hall–Kier alpha value is -2.04. The van der Waals surface area contributed by atoms with Gasteiger partial charge in [-0.05, 0) is 30.9 Å². The number of urea groups is 1. The second-order valence-electron chi connectivity index (χ2n) is 5.60. The fourth-order valence-corrected chi connectivity index (χ4v) is 2.77. The molecule has 3 rings (SSSR count). The first-order valence-corrected chi connectivity index (χ1v) is 7.10. The molecule has 0 aromatic heterocycles. The normalized spacial score (nSPS) is 19.6. The topological polar surface area (TPSA) is 52.7 Å². The van der Waals surface area contributed by atoms with Crippen LogP contribution in [0, 0.1) is 5.92 Å². The van der Waals surface area contributed by atoms with Gasteiger partial charge in [0.25, 0.3) is 0 Å². The molecule has 1 aromatic rings. The lowest BCUT2D eigenvalue weighted by molar-refractivity contribution is -0.115. The van der Waals surface area contributed by atoms with Crippen LogP contribution in [0.1, 0.15) is 19.8 Å². The molecule has 2 aliphatic rings. The second-order valence-corrected chi connectivity index (χ2v) is 5.60. The number of carbonyl (C=O) groups is 2. The van der Waals surface area contributed by atoms with Crippen LogP contribution in [0.2, 0.25) is 0 Å². The molecule has 5 heteroatoms. The van der Waals surface area contributed by atoms with Crippen LogP contribution in [-0.2, 0) is 4.79 Å². The van der Waals surface area contributed by atoms with Gasteiger partial charge in [0.15, 0.2) is 0 Å². The highest BCUT2D eigenvalue weighted by atomic mass is 16.2. The lowest BCUT2D eigenvalue weighted by atomic mass is 9.99. The number of nitrogens with zero attached hydrogens (tertiary/aromatic N) is 2. The Labute approximate surface area is 118 Å². The molecule has 1 N–H and O–H groups in total. The van der Waals surface area contributed by atoms with Crippen LogP contribution in [0.25, 0.3) is 0 Å². The molecule has 2 heterocycles. The monoisotopic (exact) mass is 273 g/mol. The van der Waals surface area contributed by atoms with Crippen molar-refractivity contribution in [3.05, 3.63) is 24.3 Å². The van der Waals surface area contributed by atoms with Crippen LogP contribution in [-0.4, -0.2) is 36.5 Å². The van der Waals surface area contributed by atoms with Crippen molar-refractivity contribution in [1.82, 2.24) is 4.90 Å². The Morgan fingerprint density at radius 2 is 1.95 bits per heavy atom. The highest BCUT2D eigenvalue weighted by molar-refractivity contribution is 6.09. The van der Waals surface area contributed by atoms with Gasteiger partial charge >= 0.3 is 6.03 Å². The number of nitrogens with one attached hydrogen (secondary N) is 1. The summed E-state index contributed by atoms with van der Waals surface area (Å²) in [5.74, 6) is 0.540. The Morgan fingerprint density at radius 3 is 2.70 bits per heavy atom. The van der Waals surface area contributed by atoms with Gasteiger partial charge in [-0.1, -0.05) is 19.1 Å². The molecule has 0 unspecified atom stereocenters. The summed E-state index contributed by atoms with van der Waals surface area (Å²) in [6.07, 6.45) is 2.07. The average Bonchev–Trinajstić information content (AvgIpc) is 2.46. The Morgan fingerprint density at radius 1 is 1.25 bits per heavy atom. The van der Waals surface area contributed by atoms with Crippen molar-refractivity contribution >= 4 is 23.3 Å². The molecule has 1 fully saturated rings. The fourth-order valence-electron chi connectivity index (χ4n) is 2.77. The van der Waals surface area contributed by atoms with Crippen LogP contribution >= 0.6 is 0 Å². The Balaban J connectivity index is 1.83. The van der Waals surface area contributed by atoms with Crippen LogP contribution in [0.3, 0.4) is 0 Å². The zero-order chi connectivity index (χ0) is 14.1. The Bertz CT molecular complexity index is 536. The van der Waals surface area contributed by atoms with Gasteiger partial charge in [0, 0.05) is 13.1 Å². The molecule has 20 heavy (non-hydrogen) atoms. The van der Waals surface area contributed by atoms with Crippen molar-refractivity contribution in [2.24, 2.45) is 5.92 Å². The molecule has 2 aliphatic heterocycles. The average molecular weight is 273 g/mol. The van der Waals surface area contributed by atoms with E-state index in [1.54, 1.807) is 4.90 Å². The highest BCUT2D eigenvalue weighted by Crippen LogP contribution is 2.30. The molecule has 3 amide bonds. The van der Waals surface area contributed by atoms with Crippen LogP contribution in [0.15, 0.2) is 24.3 Å². The molecule has 0 atom stereocenters. The van der Waals surface area contributed by atoms with Gasteiger partial charge in [0.1, 0.15) is 6.54 Å². The first kappa shape index (κ1) is 13.0. The van der Waals surface area contributed by atoms with Crippen molar-refractivity contribution in [1.29, 1.82) is 0 Å². The molecular formula is C15H19N3O2. The number of para-hydroxylation sites is 2. The number of rotatable bonds is 0. The lowest BCUT2D eigenvalue weighted by Crippen LogP contribution is -2.50. The maximum absolute atomic E-state index is 12.6. The van der Waals surface area contributed by atoms with Gasteiger partial charge in [-0.25, -0.2) is 4.79 Å². The number of amides is 3. The van der Waals surface area contributed by atoms with E-state index >= 15 is 0 Å². The van der Waals surface area contributed by atoms with E-state index in [9.17, 15) is 9.59 Å². The largest absolute Gasteiger partial charge is 0.325 e. The minimum atomic E-state index is -0.137. The van der Waals surface area contributed by atoms with Gasteiger partial charge in [-0.15, -0.1) is 0 Å². The van der Waals surface area contributed by atoms with Gasteiger partial charge < -0.3 is 10.2 Å². The molecule has 0 radical (unpaired) electrons. The zero-order valence-electron chi connectivity index (χ0n) is 11.6. The van der Waals surface area contributed by atoms with Gasteiger partial charge in [-0.2, -0.15) is 0 Å². The third kappa shape index (κ3) is 2.35. The molecule has 5 nitrogen and oxygen atoms in total. The molecule has 0 spiro atoms. The number of hydrogen-bond donors (Lipinski definition) is 1. The minimum absolute atomic E-state index is 0.0563. The third-order valence-electron chi connectivity index (χ3n) is 4.06. The zero-order valence-corrected chi connectivity index (χ0v) is 11.6. The maximum Gasteiger partial charge on any atom is 0.325 e. The fraction of sp³-hybridized carbons (Fsp3) is 0.467. The first-order valence-electron chi connectivity index (χ1n) is 7.10. The van der Waals surface area contributed by atoms with E-state index < -0.39 is 0 Å². The summed E-state index contributed by atoms with van der Waals surface area (Å²) in [5, 5.41) is 2.80. The van der Waals surface area contributed by atoms with E-state index in [2.05, 4.69) is 12.2 Å². The standard InChI is InChI=1S/C15H19N3O2/c1-11-6-8-17(9-7-11)15(20)18-10-14(19)16-12-4-2-3-5-13(12)18/h2-5,11H,6-10H2,1H3,(H,16,19). The van der Waals surface area contributed by atoms with E-state index in [0.717, 1.165) is 31.6 Å². The van der Waals surface area contributed by atoms with E-state index in [1.165, 1.54) is 0 Å². The third-order valence-corrected chi connectivity index (χ3v) is 4.06. The summed E-state index contributed by atoms with van der Waals surface area (Å²) >= 11 is 0. The van der Waals surface area contributed by atoms with Gasteiger partial charge in [-0.3, -0.25) is 9.69 Å². The molecule has 106 valence electrons. The number of likely N-dealkylation sites (tertiary alicyclic amines) is 1. The minimum Gasteiger partial charge on any atom is -0.324 e. The smallest absolute Gasteiger partial charge is 0.324 e. The maximum atomic E-state index is 12.6. The van der Waals surface area contributed by atoms with Crippen molar-refractivity contribution in [2.45, 2.75) is 19.8 Å². The van der Waals surface area contributed by atoms with Crippen LogP contribution in [0.5, 0.6) is 0 Å². The molecular weight excluding hydrogens is 254 g/mol. The van der Waals surface area contributed by atoms with Gasteiger partial charge in [0.05, 0.1) is 11.4 Å². The van der Waals surface area contributed by atoms with E-state index in [0.29, 0.717) is 11.6 Å². The first-order chi connectivity index (χ1) is 9.65. The molecule has 1 saturated heterocycles. The number of piperidine rings is 1. The van der Waals surface area contributed by atoms with Crippen molar-refractivity contribution in [3.63, 3.8) is 0 Å².